The van der Waals surface area contributed by atoms with Crippen molar-refractivity contribution in [1.29, 1.82) is 0 Å². The van der Waals surface area contributed by atoms with E-state index in [-0.39, 0.29) is 15.6 Å². The maximum atomic E-state index is 12.2. The van der Waals surface area contributed by atoms with Crippen LogP contribution in [0.2, 0.25) is 0 Å². The Kier molecular flexibility index (Phi) is 3.38. The smallest absolute Gasteiger partial charge is 0.269 e. The van der Waals surface area contributed by atoms with Gasteiger partial charge in [0.1, 0.15) is 0 Å². The lowest BCUT2D eigenvalue weighted by Gasteiger charge is -1.99. The van der Waals surface area contributed by atoms with Crippen molar-refractivity contribution in [2.45, 2.75) is 9.92 Å². The molecule has 0 bridgehead atoms. The van der Waals surface area contributed by atoms with Crippen molar-refractivity contribution in [3.05, 3.63) is 40.6 Å². The van der Waals surface area contributed by atoms with Crippen molar-refractivity contribution in [3.8, 4) is 0 Å². The third-order valence-electron chi connectivity index (χ3n) is 2.47. The van der Waals surface area contributed by atoms with Crippen molar-refractivity contribution in [1.82, 2.24) is 14.9 Å². The lowest BCUT2D eigenvalue weighted by molar-refractivity contribution is -0.384. The van der Waals surface area contributed by atoms with Gasteiger partial charge in [-0.05, 0) is 12.1 Å². The van der Waals surface area contributed by atoms with E-state index in [4.69, 9.17) is 0 Å². The maximum absolute atomic E-state index is 12.2. The van der Waals surface area contributed by atoms with Crippen molar-refractivity contribution in [2.24, 2.45) is 0 Å². The van der Waals surface area contributed by atoms with E-state index in [1.807, 2.05) is 0 Å². The monoisotopic (exact) mass is 278 g/mol. The molecule has 0 aliphatic heterocycles. The van der Waals surface area contributed by atoms with Gasteiger partial charge in [-0.15, -0.1) is 5.10 Å². The molecular formula is C8H8B2N4O4S. The molecule has 2 rings (SSSR count). The quantitative estimate of drug-likeness (QED) is 0.393. The summed E-state index contributed by atoms with van der Waals surface area (Å²) in [5, 5.41) is 17.6. The molecule has 0 unspecified atom stereocenters. The molecule has 1 aromatic heterocycles. The van der Waals surface area contributed by atoms with E-state index in [0.717, 1.165) is 12.1 Å². The zero-order valence-corrected chi connectivity index (χ0v) is 10.7. The topological polar surface area (TPSA) is 108 Å². The van der Waals surface area contributed by atoms with Gasteiger partial charge < -0.3 is 4.59 Å². The summed E-state index contributed by atoms with van der Waals surface area (Å²) < 4.78 is 25.7. The average molecular weight is 278 g/mol. The van der Waals surface area contributed by atoms with Gasteiger partial charge in [-0.25, -0.2) is 8.42 Å². The first-order chi connectivity index (χ1) is 8.95. The zero-order valence-electron chi connectivity index (χ0n) is 9.92. The number of hydrogen-bond donors (Lipinski definition) is 0. The van der Waals surface area contributed by atoms with Crippen LogP contribution in [0, 0.1) is 10.1 Å². The van der Waals surface area contributed by atoms with Gasteiger partial charge in [0.25, 0.3) is 5.69 Å². The lowest BCUT2D eigenvalue weighted by Crippen LogP contribution is -2.06. The SMILES string of the molecule is BBn1cc(S(=O)(=O)c2ccc([N+](=O)[O-])cc2)nn1. The van der Waals surface area contributed by atoms with Gasteiger partial charge >= 0.3 is 0 Å². The molecule has 19 heavy (non-hydrogen) atoms. The Morgan fingerprint density at radius 3 is 2.42 bits per heavy atom. The van der Waals surface area contributed by atoms with E-state index in [9.17, 15) is 18.5 Å². The highest BCUT2D eigenvalue weighted by atomic mass is 32.2. The number of non-ortho nitro benzene ring substituents is 1. The molecule has 0 amide bonds. The molecule has 8 nitrogen and oxygen atoms in total. The number of nitro groups is 1. The number of hydrogen-bond acceptors (Lipinski definition) is 6. The van der Waals surface area contributed by atoms with Gasteiger partial charge in [0.15, 0.2) is 0 Å². The van der Waals surface area contributed by atoms with Crippen molar-refractivity contribution in [2.75, 3.05) is 0 Å². The van der Waals surface area contributed by atoms with Crippen molar-refractivity contribution < 1.29 is 13.3 Å². The molecule has 0 saturated carbocycles. The fourth-order valence-electron chi connectivity index (χ4n) is 1.43. The summed E-state index contributed by atoms with van der Waals surface area (Å²) in [5.74, 6) is 0. The minimum absolute atomic E-state index is 0.0544. The first-order valence-corrected chi connectivity index (χ1v) is 6.83. The van der Waals surface area contributed by atoms with Crippen LogP contribution in [0.5, 0.6) is 0 Å². The fourth-order valence-corrected chi connectivity index (χ4v) is 2.57. The summed E-state index contributed by atoms with van der Waals surface area (Å²) >= 11 is 0. The maximum Gasteiger partial charge on any atom is 0.269 e. The Labute approximate surface area is 110 Å². The number of rotatable bonds is 4. The number of benzene rings is 1. The summed E-state index contributed by atoms with van der Waals surface area (Å²) in [6.45, 7) is 0. The van der Waals surface area contributed by atoms with Crippen molar-refractivity contribution in [3.63, 3.8) is 0 Å². The molecule has 0 aliphatic rings. The fraction of sp³-hybridized carbons (Fsp3) is 0. The highest BCUT2D eigenvalue weighted by Gasteiger charge is 2.22. The van der Waals surface area contributed by atoms with Crippen LogP contribution in [0.4, 0.5) is 5.69 Å². The number of aromatic nitrogens is 3. The molecule has 0 fully saturated rings. The van der Waals surface area contributed by atoms with E-state index < -0.39 is 14.8 Å². The summed E-state index contributed by atoms with van der Waals surface area (Å²) in [6, 6.07) is 4.63. The normalized spacial score (nSPS) is 11.2. The van der Waals surface area contributed by atoms with E-state index in [1.165, 1.54) is 22.9 Å². The molecule has 2 aromatic rings. The van der Waals surface area contributed by atoms with Gasteiger partial charge in [-0.3, -0.25) is 10.1 Å². The summed E-state index contributed by atoms with van der Waals surface area (Å²) in [5.41, 5.74) is -0.170. The van der Waals surface area contributed by atoms with Crippen LogP contribution in [-0.4, -0.2) is 43.3 Å². The van der Waals surface area contributed by atoms with Gasteiger partial charge in [-0.2, -0.15) is 0 Å². The minimum atomic E-state index is -3.79. The molecule has 0 saturated heterocycles. The third-order valence-corrected chi connectivity index (χ3v) is 4.11. The Hall–Kier alpha value is -2.16. The molecule has 0 radical (unpaired) electrons. The number of nitro benzene ring substituents is 1. The second-order valence-corrected chi connectivity index (χ2v) is 5.56. The molecule has 0 atom stereocenters. The molecule has 1 aromatic carbocycles. The Bertz CT molecular complexity index is 713. The highest BCUT2D eigenvalue weighted by Crippen LogP contribution is 2.21. The van der Waals surface area contributed by atoms with Crippen LogP contribution in [0.25, 0.3) is 0 Å². The molecule has 0 N–H and O–H groups in total. The minimum Gasteiger partial charge on any atom is -0.310 e. The third kappa shape index (κ3) is 2.50. The molecule has 0 spiro atoms. The Balaban J connectivity index is 2.41. The van der Waals surface area contributed by atoms with Crippen LogP contribution in [0.1, 0.15) is 0 Å². The van der Waals surface area contributed by atoms with Crippen LogP contribution in [-0.2, 0) is 9.84 Å². The predicted octanol–water partition coefficient (Wildman–Crippen LogP) is -1.23. The van der Waals surface area contributed by atoms with Crippen LogP contribution < -0.4 is 0 Å². The van der Waals surface area contributed by atoms with Gasteiger partial charge in [-0.1, -0.05) is 5.21 Å². The Morgan fingerprint density at radius 1 is 1.32 bits per heavy atom. The number of nitrogens with zero attached hydrogens (tertiary/aromatic N) is 4. The van der Waals surface area contributed by atoms with Crippen LogP contribution in [0.3, 0.4) is 0 Å². The van der Waals surface area contributed by atoms with Gasteiger partial charge in [0.05, 0.1) is 17.6 Å². The predicted molar refractivity (Wildman–Crippen MR) is 69.7 cm³/mol. The van der Waals surface area contributed by atoms with Crippen LogP contribution in [0.15, 0.2) is 40.4 Å². The summed E-state index contributed by atoms with van der Waals surface area (Å²) in [6.07, 6.45) is 1.32. The second-order valence-electron chi connectivity index (χ2n) is 3.67. The lowest BCUT2D eigenvalue weighted by atomic mass is 9.67. The molecular weight excluding hydrogens is 270 g/mol. The largest absolute Gasteiger partial charge is 0.310 e. The Morgan fingerprint density at radius 2 is 1.95 bits per heavy atom. The average Bonchev–Trinajstić information content (AvgIpc) is 2.88. The van der Waals surface area contributed by atoms with E-state index >= 15 is 0 Å². The summed E-state index contributed by atoms with van der Waals surface area (Å²) in [4.78, 5) is 9.86. The van der Waals surface area contributed by atoms with E-state index in [2.05, 4.69) is 10.3 Å². The first kappa shape index (κ1) is 13.3. The van der Waals surface area contributed by atoms with Gasteiger partial charge in [0.2, 0.25) is 22.2 Å². The van der Waals surface area contributed by atoms with Gasteiger partial charge in [0, 0.05) is 18.3 Å². The van der Waals surface area contributed by atoms with E-state index in [1.54, 1.807) is 7.74 Å². The number of sulfone groups is 1. The standard InChI is InChI=1S/C8H8B2N4O4S/c9-10-13-5-8(11-12-13)19(17,18)7-3-1-6(2-4-7)14(15)16/h1-5,10H,9H2. The van der Waals surface area contributed by atoms with Crippen LogP contribution >= 0.6 is 0 Å². The molecule has 0 aliphatic carbocycles. The molecule has 1 heterocycles. The molecule has 96 valence electrons. The second kappa shape index (κ2) is 4.84. The first-order valence-electron chi connectivity index (χ1n) is 5.35. The molecule has 11 heteroatoms. The summed E-state index contributed by atoms with van der Waals surface area (Å²) in [7, 11) is -1.48. The highest BCUT2D eigenvalue weighted by molar-refractivity contribution is 7.91. The van der Waals surface area contributed by atoms with E-state index in [0.29, 0.717) is 7.31 Å². The van der Waals surface area contributed by atoms with Crippen molar-refractivity contribution >= 4 is 30.6 Å². The zero-order chi connectivity index (χ0) is 14.0.